The van der Waals surface area contributed by atoms with Gasteiger partial charge in [0, 0.05) is 12.4 Å². The van der Waals surface area contributed by atoms with Crippen LogP contribution in [0.3, 0.4) is 0 Å². The number of ether oxygens (including phenoxy) is 1. The summed E-state index contributed by atoms with van der Waals surface area (Å²) in [4.78, 5) is 16.0. The molecule has 2 heterocycles. The number of rotatable bonds is 2. The summed E-state index contributed by atoms with van der Waals surface area (Å²) in [5.74, 6) is -0.225. The molecule has 0 aromatic carbocycles. The average Bonchev–Trinajstić information content (AvgIpc) is 2.53. The Hall–Kier alpha value is -1.36. The van der Waals surface area contributed by atoms with Crippen molar-refractivity contribution in [3.05, 3.63) is 34.7 Å². The molecule has 0 aliphatic rings. The van der Waals surface area contributed by atoms with Crippen molar-refractivity contribution in [3.8, 4) is 0 Å². The van der Waals surface area contributed by atoms with Gasteiger partial charge in [-0.2, -0.15) is 0 Å². The summed E-state index contributed by atoms with van der Waals surface area (Å²) in [6.45, 7) is 5.58. The lowest BCUT2D eigenvalue weighted by molar-refractivity contribution is -0.153. The van der Waals surface area contributed by atoms with Crippen molar-refractivity contribution in [2.24, 2.45) is 0 Å². The Labute approximate surface area is 114 Å². The molecule has 0 aliphatic carbocycles. The molecule has 0 atom stereocenters. The fourth-order valence-corrected chi connectivity index (χ4v) is 2.05. The maximum atomic E-state index is 11.7. The monoisotopic (exact) mass is 310 g/mol. The lowest BCUT2D eigenvalue weighted by atomic mass is 10.1. The lowest BCUT2D eigenvalue weighted by Crippen LogP contribution is -2.24. The Morgan fingerprint density at radius 1 is 1.50 bits per heavy atom. The van der Waals surface area contributed by atoms with Crippen LogP contribution in [0.15, 0.2) is 29.1 Å². The summed E-state index contributed by atoms with van der Waals surface area (Å²) in [5, 5.41) is 0. The minimum atomic E-state index is -0.447. The predicted octanol–water partition coefficient (Wildman–Crippen LogP) is 2.98. The van der Waals surface area contributed by atoms with Gasteiger partial charge in [-0.15, -0.1) is 0 Å². The molecule has 18 heavy (non-hydrogen) atoms. The first-order valence-corrected chi connectivity index (χ1v) is 6.48. The second-order valence-electron chi connectivity index (χ2n) is 5.13. The number of aromatic nitrogens is 2. The predicted molar refractivity (Wildman–Crippen MR) is 72.4 cm³/mol. The summed E-state index contributed by atoms with van der Waals surface area (Å²) >= 11 is 3.32. The first-order valence-electron chi connectivity index (χ1n) is 5.68. The number of hydrogen-bond acceptors (Lipinski definition) is 3. The first kappa shape index (κ1) is 13.1. The zero-order valence-electron chi connectivity index (χ0n) is 10.6. The molecule has 2 aromatic rings. The minimum Gasteiger partial charge on any atom is -0.460 e. The van der Waals surface area contributed by atoms with E-state index in [9.17, 15) is 4.79 Å². The molecule has 2 aromatic heterocycles. The number of carbonyl (C=O) groups is 1. The SMILES string of the molecule is CC(C)(C)OC(=O)Cc1ccn2cc(Br)nc2c1. The summed E-state index contributed by atoms with van der Waals surface area (Å²) in [5.41, 5.74) is 1.26. The smallest absolute Gasteiger partial charge is 0.310 e. The number of esters is 1. The highest BCUT2D eigenvalue weighted by molar-refractivity contribution is 9.10. The van der Waals surface area contributed by atoms with Crippen LogP contribution >= 0.6 is 15.9 Å². The molecule has 0 N–H and O–H groups in total. The summed E-state index contributed by atoms with van der Waals surface area (Å²) < 4.78 is 7.95. The molecule has 4 nitrogen and oxygen atoms in total. The molecule has 0 amide bonds. The van der Waals surface area contributed by atoms with E-state index in [0.717, 1.165) is 15.8 Å². The van der Waals surface area contributed by atoms with Gasteiger partial charge in [-0.3, -0.25) is 4.79 Å². The number of carbonyl (C=O) groups excluding carboxylic acids is 1. The van der Waals surface area contributed by atoms with Crippen LogP contribution in [0.4, 0.5) is 0 Å². The van der Waals surface area contributed by atoms with Crippen LogP contribution in [-0.4, -0.2) is 21.0 Å². The van der Waals surface area contributed by atoms with E-state index in [1.54, 1.807) is 0 Å². The van der Waals surface area contributed by atoms with Crippen LogP contribution < -0.4 is 0 Å². The van der Waals surface area contributed by atoms with Gasteiger partial charge >= 0.3 is 5.97 Å². The van der Waals surface area contributed by atoms with Gasteiger partial charge < -0.3 is 9.14 Å². The third-order valence-electron chi connectivity index (χ3n) is 2.26. The van der Waals surface area contributed by atoms with E-state index in [2.05, 4.69) is 20.9 Å². The molecule has 0 spiro atoms. The Morgan fingerprint density at radius 3 is 2.89 bits per heavy atom. The molecular weight excluding hydrogens is 296 g/mol. The number of imidazole rings is 1. The van der Waals surface area contributed by atoms with E-state index in [-0.39, 0.29) is 12.4 Å². The Balaban J connectivity index is 2.14. The van der Waals surface area contributed by atoms with Crippen molar-refractivity contribution < 1.29 is 9.53 Å². The van der Waals surface area contributed by atoms with Gasteiger partial charge in [-0.1, -0.05) is 0 Å². The van der Waals surface area contributed by atoms with Gasteiger partial charge in [0.2, 0.25) is 0 Å². The second kappa shape index (κ2) is 4.72. The van der Waals surface area contributed by atoms with Crippen molar-refractivity contribution in [2.75, 3.05) is 0 Å². The molecule has 0 fully saturated rings. The third kappa shape index (κ3) is 3.32. The highest BCUT2D eigenvalue weighted by Crippen LogP contribution is 2.14. The topological polar surface area (TPSA) is 43.6 Å². The van der Waals surface area contributed by atoms with E-state index in [1.807, 2.05) is 49.7 Å². The fourth-order valence-electron chi connectivity index (χ4n) is 1.65. The maximum absolute atomic E-state index is 11.7. The molecule has 0 bridgehead atoms. The summed E-state index contributed by atoms with van der Waals surface area (Å²) in [6.07, 6.45) is 4.01. The van der Waals surface area contributed by atoms with Gasteiger partial charge in [0.25, 0.3) is 0 Å². The van der Waals surface area contributed by atoms with Gasteiger partial charge in [-0.25, -0.2) is 4.98 Å². The normalized spacial score (nSPS) is 11.8. The number of fused-ring (bicyclic) bond motifs is 1. The van der Waals surface area contributed by atoms with E-state index >= 15 is 0 Å². The van der Waals surface area contributed by atoms with Gasteiger partial charge in [0.15, 0.2) is 0 Å². The van der Waals surface area contributed by atoms with Crippen LogP contribution in [0.25, 0.3) is 5.65 Å². The fraction of sp³-hybridized carbons (Fsp3) is 0.385. The standard InChI is InChI=1S/C13H15BrN2O2/c1-13(2,3)18-12(17)7-9-4-5-16-8-10(14)15-11(16)6-9/h4-6,8H,7H2,1-3H3. The molecule has 0 saturated carbocycles. The van der Waals surface area contributed by atoms with E-state index in [0.29, 0.717) is 0 Å². The second-order valence-corrected chi connectivity index (χ2v) is 5.94. The molecule has 0 saturated heterocycles. The number of hydrogen-bond donors (Lipinski definition) is 0. The van der Waals surface area contributed by atoms with Crippen LogP contribution in [-0.2, 0) is 16.0 Å². The zero-order valence-corrected chi connectivity index (χ0v) is 12.2. The number of nitrogens with zero attached hydrogens (tertiary/aromatic N) is 2. The average molecular weight is 311 g/mol. The zero-order chi connectivity index (χ0) is 13.3. The Bertz CT molecular complexity index is 584. The van der Waals surface area contributed by atoms with Gasteiger partial charge in [-0.05, 0) is 54.4 Å². The maximum Gasteiger partial charge on any atom is 0.310 e. The minimum absolute atomic E-state index is 0.225. The van der Waals surface area contributed by atoms with E-state index in [4.69, 9.17) is 4.74 Å². The van der Waals surface area contributed by atoms with Crippen LogP contribution in [0.5, 0.6) is 0 Å². The lowest BCUT2D eigenvalue weighted by Gasteiger charge is -2.19. The molecule has 0 unspecified atom stereocenters. The molecule has 0 radical (unpaired) electrons. The van der Waals surface area contributed by atoms with Crippen molar-refractivity contribution >= 4 is 27.5 Å². The van der Waals surface area contributed by atoms with Crippen LogP contribution in [0, 0.1) is 0 Å². The number of halogens is 1. The quantitative estimate of drug-likeness (QED) is 0.801. The molecule has 96 valence electrons. The first-order chi connectivity index (χ1) is 8.33. The van der Waals surface area contributed by atoms with E-state index < -0.39 is 5.60 Å². The molecule has 5 heteroatoms. The number of pyridine rings is 1. The largest absolute Gasteiger partial charge is 0.460 e. The molecular formula is C13H15BrN2O2. The third-order valence-corrected chi connectivity index (χ3v) is 2.65. The highest BCUT2D eigenvalue weighted by atomic mass is 79.9. The van der Waals surface area contributed by atoms with Crippen molar-refractivity contribution in [2.45, 2.75) is 32.8 Å². The van der Waals surface area contributed by atoms with Crippen molar-refractivity contribution in [1.82, 2.24) is 9.38 Å². The highest BCUT2D eigenvalue weighted by Gasteiger charge is 2.16. The van der Waals surface area contributed by atoms with Crippen LogP contribution in [0.2, 0.25) is 0 Å². The van der Waals surface area contributed by atoms with Gasteiger partial charge in [0.05, 0.1) is 6.42 Å². The molecule has 0 aliphatic heterocycles. The Kier molecular flexibility index (Phi) is 3.43. The summed E-state index contributed by atoms with van der Waals surface area (Å²) in [7, 11) is 0. The Morgan fingerprint density at radius 2 is 2.22 bits per heavy atom. The molecule has 2 rings (SSSR count). The van der Waals surface area contributed by atoms with Crippen molar-refractivity contribution in [3.63, 3.8) is 0 Å². The summed E-state index contributed by atoms with van der Waals surface area (Å²) in [6, 6.07) is 3.78. The van der Waals surface area contributed by atoms with Crippen LogP contribution in [0.1, 0.15) is 26.3 Å². The van der Waals surface area contributed by atoms with Crippen molar-refractivity contribution in [1.29, 1.82) is 0 Å². The van der Waals surface area contributed by atoms with Gasteiger partial charge in [0.1, 0.15) is 15.9 Å². The van der Waals surface area contributed by atoms with E-state index in [1.165, 1.54) is 0 Å².